The maximum Gasteiger partial charge on any atom is 0.249 e. The van der Waals surface area contributed by atoms with Crippen molar-refractivity contribution in [2.45, 2.75) is 94.8 Å². The number of piperidine rings is 1. The summed E-state index contributed by atoms with van der Waals surface area (Å²) < 4.78 is 18.7. The summed E-state index contributed by atoms with van der Waals surface area (Å²) in [7, 11) is 0. The quantitative estimate of drug-likeness (QED) is 0.510. The largest absolute Gasteiger partial charge is 0.381 e. The maximum absolute atomic E-state index is 14.1. The van der Waals surface area contributed by atoms with Crippen molar-refractivity contribution in [3.8, 4) is 0 Å². The van der Waals surface area contributed by atoms with Gasteiger partial charge in [-0.2, -0.15) is 0 Å². The molecule has 1 saturated carbocycles. The number of rotatable bonds is 5. The molecule has 1 aromatic heterocycles. The van der Waals surface area contributed by atoms with Gasteiger partial charge in [0.25, 0.3) is 0 Å². The highest BCUT2D eigenvalue weighted by atomic mass is 16.5. The van der Waals surface area contributed by atoms with E-state index in [4.69, 9.17) is 14.2 Å². The average molecular weight is 630 g/mol. The Morgan fingerprint density at radius 3 is 2.33 bits per heavy atom. The van der Waals surface area contributed by atoms with Gasteiger partial charge in [0.2, 0.25) is 17.7 Å². The molecular weight excluding hydrogens is 578 g/mol. The van der Waals surface area contributed by atoms with Crippen LogP contribution in [0.3, 0.4) is 0 Å². The number of hydrogen-bond acceptors (Lipinski definition) is 9. The number of ether oxygens (including phenoxy) is 3. The van der Waals surface area contributed by atoms with Crippen LogP contribution in [0.2, 0.25) is 0 Å². The third-order valence-corrected chi connectivity index (χ3v) is 10.5. The molecule has 0 spiro atoms. The van der Waals surface area contributed by atoms with E-state index in [0.717, 1.165) is 64.1 Å². The molecule has 0 unspecified atom stereocenters. The molecule has 13 heteroatoms. The summed E-state index contributed by atoms with van der Waals surface area (Å²) in [6.45, 7) is 4.83. The number of nitrogens with zero attached hydrogens (tertiary/aromatic N) is 6. The van der Waals surface area contributed by atoms with Gasteiger partial charge >= 0.3 is 0 Å². The normalized spacial score (nSPS) is 28.5. The molecular formula is C32H51N7O6. The number of amides is 3. The molecule has 13 nitrogen and oxygen atoms in total. The molecule has 6 rings (SSSR count). The summed E-state index contributed by atoms with van der Waals surface area (Å²) in [5, 5.41) is 11.9. The molecule has 5 heterocycles. The van der Waals surface area contributed by atoms with Crippen molar-refractivity contribution in [3.05, 3.63) is 11.9 Å². The van der Waals surface area contributed by atoms with Gasteiger partial charge in [-0.15, -0.1) is 5.10 Å². The Bertz CT molecular complexity index is 1130. The van der Waals surface area contributed by atoms with Crippen molar-refractivity contribution >= 4 is 17.7 Å². The summed E-state index contributed by atoms with van der Waals surface area (Å²) in [6.07, 6.45) is 13.4. The molecule has 3 amide bonds. The van der Waals surface area contributed by atoms with E-state index in [1.165, 1.54) is 32.1 Å². The van der Waals surface area contributed by atoms with E-state index in [-0.39, 0.29) is 49.6 Å². The first-order valence-corrected chi connectivity index (χ1v) is 17.3. The van der Waals surface area contributed by atoms with Gasteiger partial charge in [-0.25, -0.2) is 4.68 Å². The first kappa shape index (κ1) is 32.3. The van der Waals surface area contributed by atoms with Crippen LogP contribution in [-0.2, 0) is 35.0 Å². The summed E-state index contributed by atoms with van der Waals surface area (Å²) in [5.74, 6) is 0.0367. The summed E-state index contributed by atoms with van der Waals surface area (Å²) >= 11 is 0. The number of nitrogens with one attached hydrogen (secondary N) is 1. The molecule has 0 aromatic carbocycles. The molecule has 4 aliphatic heterocycles. The first-order chi connectivity index (χ1) is 22.0. The van der Waals surface area contributed by atoms with Crippen LogP contribution in [0.1, 0.15) is 75.9 Å². The smallest absolute Gasteiger partial charge is 0.249 e. The van der Waals surface area contributed by atoms with Gasteiger partial charge < -0.3 is 34.2 Å². The van der Waals surface area contributed by atoms with Crippen LogP contribution < -0.4 is 5.32 Å². The lowest BCUT2D eigenvalue weighted by atomic mass is 9.86. The molecule has 5 fully saturated rings. The standard InChI is InChI=1S/C32H51N7O6/c40-30-22-37(27-6-11-36(12-7-27)26-8-13-43-14-9-26)31(41)23-45-17-16-44-15-10-33-32(42)29-19-28(21-38(29)30)39-20-25(34-35-39)18-24-4-2-1-3-5-24/h20,24,26-29H,1-19,21-23H2,(H,33,42)/t28-,29-/m0/s1. The van der Waals surface area contributed by atoms with E-state index >= 15 is 0 Å². The van der Waals surface area contributed by atoms with Crippen LogP contribution in [0.15, 0.2) is 6.20 Å². The fraction of sp³-hybridized carbons (Fsp3) is 0.844. The third kappa shape index (κ3) is 8.41. The van der Waals surface area contributed by atoms with Crippen LogP contribution in [0, 0.1) is 5.92 Å². The Morgan fingerprint density at radius 1 is 0.778 bits per heavy atom. The molecule has 0 bridgehead atoms. The van der Waals surface area contributed by atoms with Crippen molar-refractivity contribution in [1.29, 1.82) is 0 Å². The van der Waals surface area contributed by atoms with E-state index in [9.17, 15) is 14.4 Å². The molecule has 45 heavy (non-hydrogen) atoms. The Hall–Kier alpha value is -2.61. The van der Waals surface area contributed by atoms with Gasteiger partial charge in [0.15, 0.2) is 0 Å². The number of hydrogen-bond donors (Lipinski definition) is 1. The number of carbonyl (C=O) groups is 3. The van der Waals surface area contributed by atoms with Crippen LogP contribution in [0.25, 0.3) is 0 Å². The molecule has 1 aliphatic carbocycles. The highest BCUT2D eigenvalue weighted by Gasteiger charge is 2.42. The Balaban J connectivity index is 1.15. The summed E-state index contributed by atoms with van der Waals surface area (Å²) in [5.41, 5.74) is 0.975. The Kier molecular flexibility index (Phi) is 11.3. The van der Waals surface area contributed by atoms with Gasteiger partial charge in [0, 0.05) is 64.1 Å². The molecule has 0 radical (unpaired) electrons. The monoisotopic (exact) mass is 629 g/mol. The highest BCUT2D eigenvalue weighted by molar-refractivity contribution is 5.91. The number of likely N-dealkylation sites (tertiary alicyclic amines) is 1. The lowest BCUT2D eigenvalue weighted by Crippen LogP contribution is -2.55. The van der Waals surface area contributed by atoms with Crippen molar-refractivity contribution < 1.29 is 28.6 Å². The van der Waals surface area contributed by atoms with E-state index in [1.54, 1.807) is 9.80 Å². The lowest BCUT2D eigenvalue weighted by Gasteiger charge is -2.42. The van der Waals surface area contributed by atoms with Crippen molar-refractivity contribution in [2.24, 2.45) is 5.92 Å². The zero-order chi connectivity index (χ0) is 31.0. The van der Waals surface area contributed by atoms with Crippen molar-refractivity contribution in [3.63, 3.8) is 0 Å². The minimum absolute atomic E-state index is 0.0589. The minimum atomic E-state index is -0.651. The van der Waals surface area contributed by atoms with E-state index in [2.05, 4.69) is 20.5 Å². The highest BCUT2D eigenvalue weighted by Crippen LogP contribution is 2.30. The van der Waals surface area contributed by atoms with Gasteiger partial charge in [0.05, 0.1) is 31.6 Å². The van der Waals surface area contributed by atoms with E-state index in [0.29, 0.717) is 44.7 Å². The van der Waals surface area contributed by atoms with E-state index < -0.39 is 6.04 Å². The first-order valence-electron chi connectivity index (χ1n) is 17.3. The third-order valence-electron chi connectivity index (χ3n) is 10.5. The Morgan fingerprint density at radius 2 is 1.53 bits per heavy atom. The SMILES string of the molecule is O=C1NCCOCCOCC(=O)N(C2CCN(C3CCOCC3)CC2)CC(=O)N2C[C@@H](n3cc(CC4CCCCC4)nn3)C[C@@H]12. The second-order valence-electron chi connectivity index (χ2n) is 13.4. The van der Waals surface area contributed by atoms with Crippen molar-refractivity contribution in [2.75, 3.05) is 72.4 Å². The second kappa shape index (κ2) is 15.8. The average Bonchev–Trinajstić information content (AvgIpc) is 3.73. The summed E-state index contributed by atoms with van der Waals surface area (Å²) in [4.78, 5) is 46.9. The minimum Gasteiger partial charge on any atom is -0.381 e. The number of carbonyl (C=O) groups excluding carboxylic acids is 3. The molecule has 1 N–H and O–H groups in total. The molecule has 250 valence electrons. The van der Waals surface area contributed by atoms with E-state index in [1.807, 2.05) is 10.9 Å². The molecule has 2 atom stereocenters. The maximum atomic E-state index is 14.1. The predicted molar refractivity (Wildman–Crippen MR) is 164 cm³/mol. The van der Waals surface area contributed by atoms with Gasteiger partial charge in [0.1, 0.15) is 19.2 Å². The fourth-order valence-corrected chi connectivity index (χ4v) is 7.90. The number of fused-ring (bicyclic) bond motifs is 1. The van der Waals surface area contributed by atoms with Crippen LogP contribution >= 0.6 is 0 Å². The molecule has 5 aliphatic rings. The zero-order valence-electron chi connectivity index (χ0n) is 26.7. The van der Waals surface area contributed by atoms with Gasteiger partial charge in [-0.05, 0) is 38.0 Å². The Labute approximate surface area is 266 Å². The molecule has 4 saturated heterocycles. The van der Waals surface area contributed by atoms with Crippen LogP contribution in [-0.4, -0.2) is 138 Å². The van der Waals surface area contributed by atoms with Gasteiger partial charge in [-0.3, -0.25) is 14.4 Å². The molecule has 1 aromatic rings. The fourth-order valence-electron chi connectivity index (χ4n) is 7.90. The summed E-state index contributed by atoms with van der Waals surface area (Å²) in [6, 6.07) is -0.356. The van der Waals surface area contributed by atoms with Crippen molar-refractivity contribution in [1.82, 2.24) is 35.0 Å². The zero-order valence-corrected chi connectivity index (χ0v) is 26.7. The lowest BCUT2D eigenvalue weighted by molar-refractivity contribution is -0.148. The second-order valence-corrected chi connectivity index (χ2v) is 13.4. The van der Waals surface area contributed by atoms with Crippen LogP contribution in [0.5, 0.6) is 0 Å². The van der Waals surface area contributed by atoms with Crippen LogP contribution in [0.4, 0.5) is 0 Å². The number of aromatic nitrogens is 3. The predicted octanol–water partition coefficient (Wildman–Crippen LogP) is 1.18. The topological polar surface area (TPSA) is 131 Å². The van der Waals surface area contributed by atoms with Gasteiger partial charge in [-0.1, -0.05) is 37.3 Å².